The second-order valence-electron chi connectivity index (χ2n) is 9.18. The zero-order valence-electron chi connectivity index (χ0n) is 20.8. The van der Waals surface area contributed by atoms with Crippen LogP contribution in [-0.2, 0) is 11.2 Å². The SMILES string of the molecule is CCOc1cc2c(cc1OCC)[C@H]1[C@@H](C(=O)Nc3ccc4c(c3)OCO4)c3ccccc3C(=O)N1CC2. The Labute approximate surface area is 215 Å². The summed E-state index contributed by atoms with van der Waals surface area (Å²) in [6.07, 6.45) is 0.669. The van der Waals surface area contributed by atoms with Crippen molar-refractivity contribution in [2.45, 2.75) is 32.2 Å². The van der Waals surface area contributed by atoms with Gasteiger partial charge in [0.05, 0.1) is 25.2 Å². The third-order valence-corrected chi connectivity index (χ3v) is 7.11. The summed E-state index contributed by atoms with van der Waals surface area (Å²) >= 11 is 0. The van der Waals surface area contributed by atoms with Gasteiger partial charge in [-0.3, -0.25) is 9.59 Å². The first-order valence-corrected chi connectivity index (χ1v) is 12.6. The molecule has 2 atom stereocenters. The first-order chi connectivity index (χ1) is 18.1. The maximum absolute atomic E-state index is 14.0. The normalized spacial score (nSPS) is 19.0. The van der Waals surface area contributed by atoms with Gasteiger partial charge in [0.15, 0.2) is 23.0 Å². The van der Waals surface area contributed by atoms with Crippen LogP contribution >= 0.6 is 0 Å². The summed E-state index contributed by atoms with van der Waals surface area (Å²) < 4.78 is 22.6. The van der Waals surface area contributed by atoms with Crippen LogP contribution in [0, 0.1) is 0 Å². The highest BCUT2D eigenvalue weighted by Crippen LogP contribution is 2.49. The number of nitrogens with one attached hydrogen (secondary N) is 1. The van der Waals surface area contributed by atoms with E-state index < -0.39 is 12.0 Å². The number of rotatable bonds is 6. The van der Waals surface area contributed by atoms with Crippen molar-refractivity contribution >= 4 is 17.5 Å². The van der Waals surface area contributed by atoms with Crippen LogP contribution in [0.2, 0.25) is 0 Å². The van der Waals surface area contributed by atoms with Crippen LogP contribution in [0.3, 0.4) is 0 Å². The Bertz CT molecular complexity index is 1390. The molecule has 3 aliphatic heterocycles. The largest absolute Gasteiger partial charge is 0.490 e. The van der Waals surface area contributed by atoms with E-state index in [2.05, 4.69) is 5.32 Å². The van der Waals surface area contributed by atoms with E-state index in [9.17, 15) is 9.59 Å². The van der Waals surface area contributed by atoms with Crippen molar-refractivity contribution in [1.29, 1.82) is 0 Å². The van der Waals surface area contributed by atoms with E-state index >= 15 is 0 Å². The molecule has 8 heteroatoms. The maximum atomic E-state index is 14.0. The maximum Gasteiger partial charge on any atom is 0.254 e. The van der Waals surface area contributed by atoms with Crippen LogP contribution in [0.25, 0.3) is 0 Å². The Hall–Kier alpha value is -4.20. The van der Waals surface area contributed by atoms with Gasteiger partial charge in [-0.2, -0.15) is 0 Å². The van der Waals surface area contributed by atoms with Crippen molar-refractivity contribution in [2.75, 3.05) is 31.9 Å². The third kappa shape index (κ3) is 3.93. The van der Waals surface area contributed by atoms with Gasteiger partial charge in [-0.15, -0.1) is 0 Å². The van der Waals surface area contributed by atoms with Crippen molar-refractivity contribution < 1.29 is 28.5 Å². The molecular weight excluding hydrogens is 472 g/mol. The number of fused-ring (bicyclic) bond motifs is 5. The molecule has 3 heterocycles. The lowest BCUT2D eigenvalue weighted by Crippen LogP contribution is -2.49. The fourth-order valence-corrected chi connectivity index (χ4v) is 5.55. The molecule has 0 aliphatic carbocycles. The number of carbonyl (C=O) groups is 2. The molecule has 6 rings (SSSR count). The summed E-state index contributed by atoms with van der Waals surface area (Å²) in [5, 5.41) is 3.06. The number of benzene rings is 3. The van der Waals surface area contributed by atoms with Gasteiger partial charge < -0.3 is 29.2 Å². The van der Waals surface area contributed by atoms with E-state index in [-0.39, 0.29) is 18.6 Å². The molecule has 3 aromatic rings. The van der Waals surface area contributed by atoms with E-state index in [0.29, 0.717) is 66.0 Å². The van der Waals surface area contributed by atoms with E-state index in [1.165, 1.54) is 0 Å². The Balaban J connectivity index is 1.45. The van der Waals surface area contributed by atoms with Gasteiger partial charge in [-0.05, 0) is 67.3 Å². The zero-order chi connectivity index (χ0) is 25.5. The van der Waals surface area contributed by atoms with Gasteiger partial charge in [0.25, 0.3) is 5.91 Å². The number of hydrogen-bond donors (Lipinski definition) is 1. The molecule has 37 heavy (non-hydrogen) atoms. The summed E-state index contributed by atoms with van der Waals surface area (Å²) in [5.41, 5.74) is 3.84. The topological polar surface area (TPSA) is 86.3 Å². The number of ether oxygens (including phenoxy) is 4. The molecule has 0 unspecified atom stereocenters. The van der Waals surface area contributed by atoms with Crippen molar-refractivity contribution in [3.63, 3.8) is 0 Å². The molecule has 1 N–H and O–H groups in total. The first kappa shape index (κ1) is 23.2. The Morgan fingerprint density at radius 1 is 0.973 bits per heavy atom. The van der Waals surface area contributed by atoms with Gasteiger partial charge in [0.2, 0.25) is 12.7 Å². The smallest absolute Gasteiger partial charge is 0.254 e. The van der Waals surface area contributed by atoms with Gasteiger partial charge in [-0.1, -0.05) is 18.2 Å². The zero-order valence-corrected chi connectivity index (χ0v) is 20.8. The fourth-order valence-electron chi connectivity index (χ4n) is 5.55. The number of anilines is 1. The predicted octanol–water partition coefficient (Wildman–Crippen LogP) is 4.69. The van der Waals surface area contributed by atoms with Crippen molar-refractivity contribution in [3.8, 4) is 23.0 Å². The Morgan fingerprint density at radius 2 is 1.73 bits per heavy atom. The minimum atomic E-state index is -0.620. The molecule has 0 spiro atoms. The lowest BCUT2D eigenvalue weighted by molar-refractivity contribution is -0.119. The molecular formula is C29H28N2O6. The van der Waals surface area contributed by atoms with Crippen LogP contribution in [0.5, 0.6) is 23.0 Å². The fraction of sp³-hybridized carbons (Fsp3) is 0.310. The molecule has 0 fully saturated rings. The average Bonchev–Trinajstić information content (AvgIpc) is 3.37. The van der Waals surface area contributed by atoms with Gasteiger partial charge in [0.1, 0.15) is 0 Å². The highest BCUT2D eigenvalue weighted by molar-refractivity contribution is 6.04. The monoisotopic (exact) mass is 500 g/mol. The van der Waals surface area contributed by atoms with Crippen LogP contribution in [0.1, 0.15) is 52.9 Å². The van der Waals surface area contributed by atoms with Gasteiger partial charge >= 0.3 is 0 Å². The third-order valence-electron chi connectivity index (χ3n) is 7.11. The number of amides is 2. The molecule has 0 saturated carbocycles. The van der Waals surface area contributed by atoms with Crippen LogP contribution in [-0.4, -0.2) is 43.3 Å². The van der Waals surface area contributed by atoms with Crippen LogP contribution < -0.4 is 24.3 Å². The molecule has 2 amide bonds. The molecule has 3 aliphatic rings. The molecule has 0 bridgehead atoms. The molecule has 190 valence electrons. The minimum Gasteiger partial charge on any atom is -0.490 e. The predicted molar refractivity (Wildman–Crippen MR) is 137 cm³/mol. The minimum absolute atomic E-state index is 0.0646. The quantitative estimate of drug-likeness (QED) is 0.529. The Morgan fingerprint density at radius 3 is 2.54 bits per heavy atom. The summed E-state index contributed by atoms with van der Waals surface area (Å²) in [6.45, 7) is 5.51. The molecule has 0 aromatic heterocycles. The second-order valence-corrected chi connectivity index (χ2v) is 9.18. The van der Waals surface area contributed by atoms with E-state index in [1.807, 2.05) is 49.1 Å². The second kappa shape index (κ2) is 9.35. The van der Waals surface area contributed by atoms with Gasteiger partial charge in [0, 0.05) is 23.9 Å². The number of carbonyl (C=O) groups excluding carboxylic acids is 2. The highest BCUT2D eigenvalue weighted by Gasteiger charge is 2.46. The number of nitrogens with zero attached hydrogens (tertiary/aromatic N) is 1. The average molecular weight is 501 g/mol. The van der Waals surface area contributed by atoms with Crippen molar-refractivity contribution in [3.05, 3.63) is 76.9 Å². The summed E-state index contributed by atoms with van der Waals surface area (Å²) in [5.74, 6) is 1.65. The number of hydrogen-bond acceptors (Lipinski definition) is 6. The summed E-state index contributed by atoms with van der Waals surface area (Å²) in [7, 11) is 0. The lowest BCUT2D eigenvalue weighted by Gasteiger charge is -2.45. The van der Waals surface area contributed by atoms with Gasteiger partial charge in [-0.25, -0.2) is 0 Å². The lowest BCUT2D eigenvalue weighted by atomic mass is 9.75. The molecule has 0 radical (unpaired) electrons. The van der Waals surface area contributed by atoms with Crippen LogP contribution in [0.4, 0.5) is 5.69 Å². The van der Waals surface area contributed by atoms with E-state index in [4.69, 9.17) is 18.9 Å². The Kier molecular flexibility index (Phi) is 5.87. The van der Waals surface area contributed by atoms with Crippen molar-refractivity contribution in [1.82, 2.24) is 4.90 Å². The van der Waals surface area contributed by atoms with E-state index in [0.717, 1.165) is 11.1 Å². The van der Waals surface area contributed by atoms with E-state index in [1.54, 1.807) is 24.3 Å². The molecule has 0 saturated heterocycles. The standard InChI is InChI=1S/C29H28N2O6/c1-3-34-23-13-17-11-12-31-27(21(17)15-25(23)35-4-2)26(19-7-5-6-8-20(19)29(31)33)28(32)30-18-9-10-22-24(14-18)37-16-36-22/h5-10,13-15,26-27H,3-4,11-12,16H2,1-2H3,(H,30,32)/t26-,27-/m0/s1. The van der Waals surface area contributed by atoms with Crippen LogP contribution in [0.15, 0.2) is 54.6 Å². The molecule has 8 nitrogen and oxygen atoms in total. The summed E-state index contributed by atoms with van der Waals surface area (Å²) in [6, 6.07) is 16.2. The first-order valence-electron chi connectivity index (χ1n) is 12.6. The van der Waals surface area contributed by atoms with Crippen molar-refractivity contribution in [2.24, 2.45) is 0 Å². The highest BCUT2D eigenvalue weighted by atomic mass is 16.7. The molecule has 3 aromatic carbocycles. The summed E-state index contributed by atoms with van der Waals surface area (Å²) in [4.78, 5) is 29.4.